The summed E-state index contributed by atoms with van der Waals surface area (Å²) in [5, 5.41) is 6.95. The maximum absolute atomic E-state index is 13.6. The second kappa shape index (κ2) is 8.22. The van der Waals surface area contributed by atoms with Crippen LogP contribution in [0, 0.1) is 5.41 Å². The Kier molecular flexibility index (Phi) is 5.49. The Labute approximate surface area is 205 Å². The molecule has 168 valence electrons. The Morgan fingerprint density at radius 3 is 2.61 bits per heavy atom. The smallest absolute Gasteiger partial charge is 0.256 e. The third-order valence-corrected chi connectivity index (χ3v) is 7.68. The van der Waals surface area contributed by atoms with Gasteiger partial charge in [0.15, 0.2) is 10.9 Å². The van der Waals surface area contributed by atoms with Gasteiger partial charge in [0.25, 0.3) is 5.91 Å². The van der Waals surface area contributed by atoms with Gasteiger partial charge in [-0.1, -0.05) is 65.4 Å². The summed E-state index contributed by atoms with van der Waals surface area (Å²) in [6.07, 6.45) is 1.23. The Hall–Kier alpha value is -2.77. The van der Waals surface area contributed by atoms with Crippen LogP contribution in [-0.2, 0) is 9.59 Å². The SMILES string of the molecule is CC1=C(C(=O)Nc2nc3ccccc3s2)[C@H](c2ccc(Br)cc2)C2=C(CC(C)(C)CC2=O)N1. The highest BCUT2D eigenvalue weighted by atomic mass is 79.9. The molecule has 0 spiro atoms. The van der Waals surface area contributed by atoms with Gasteiger partial charge in [-0.3, -0.25) is 14.9 Å². The highest BCUT2D eigenvalue weighted by Crippen LogP contribution is 2.47. The van der Waals surface area contributed by atoms with Crippen LogP contribution in [0.2, 0.25) is 0 Å². The summed E-state index contributed by atoms with van der Waals surface area (Å²) in [7, 11) is 0. The molecule has 1 aliphatic heterocycles. The number of nitrogens with zero attached hydrogens (tertiary/aromatic N) is 1. The molecule has 0 bridgehead atoms. The average Bonchev–Trinajstić information content (AvgIpc) is 3.14. The van der Waals surface area contributed by atoms with Crippen molar-refractivity contribution in [3.63, 3.8) is 0 Å². The maximum Gasteiger partial charge on any atom is 0.256 e. The van der Waals surface area contributed by atoms with Gasteiger partial charge in [0.05, 0.1) is 10.2 Å². The fourth-order valence-corrected chi connectivity index (χ4v) is 5.94. The highest BCUT2D eigenvalue weighted by molar-refractivity contribution is 9.10. The van der Waals surface area contributed by atoms with Crippen molar-refractivity contribution in [1.82, 2.24) is 10.3 Å². The van der Waals surface area contributed by atoms with Gasteiger partial charge in [0, 0.05) is 39.4 Å². The summed E-state index contributed by atoms with van der Waals surface area (Å²) in [5.41, 5.74) is 4.62. The van der Waals surface area contributed by atoms with E-state index < -0.39 is 5.92 Å². The lowest BCUT2D eigenvalue weighted by atomic mass is 9.68. The first-order valence-corrected chi connectivity index (χ1v) is 12.5. The molecule has 2 aliphatic rings. The third-order valence-electron chi connectivity index (χ3n) is 6.20. The second-order valence-electron chi connectivity index (χ2n) is 9.42. The number of Topliss-reactive ketones (excluding diaryl/α,β-unsaturated/α-hetero) is 1. The predicted octanol–water partition coefficient (Wildman–Crippen LogP) is 6.30. The lowest BCUT2D eigenvalue weighted by molar-refractivity contribution is -0.118. The summed E-state index contributed by atoms with van der Waals surface area (Å²) < 4.78 is 1.96. The van der Waals surface area contributed by atoms with Gasteiger partial charge in [-0.05, 0) is 48.6 Å². The van der Waals surface area contributed by atoms with Gasteiger partial charge < -0.3 is 5.32 Å². The standard InChI is InChI=1S/C26H24BrN3O2S/c1-14-21(24(32)30-25-29-17-6-4-5-7-20(17)33-25)22(15-8-10-16(27)11-9-15)23-18(28-14)12-26(2,3)13-19(23)31/h4-11,22,28H,12-13H2,1-3H3,(H,29,30,32)/t22-/m0/s1. The van der Waals surface area contributed by atoms with Gasteiger partial charge in [-0.25, -0.2) is 4.98 Å². The van der Waals surface area contributed by atoms with E-state index in [9.17, 15) is 9.59 Å². The van der Waals surface area contributed by atoms with E-state index >= 15 is 0 Å². The largest absolute Gasteiger partial charge is 0.362 e. The Balaban J connectivity index is 1.57. The van der Waals surface area contributed by atoms with Crippen LogP contribution >= 0.6 is 27.3 Å². The van der Waals surface area contributed by atoms with E-state index in [1.54, 1.807) is 0 Å². The first-order chi connectivity index (χ1) is 15.7. The zero-order chi connectivity index (χ0) is 23.3. The van der Waals surface area contributed by atoms with Crippen LogP contribution in [0.15, 0.2) is 75.5 Å². The fourth-order valence-electron chi connectivity index (χ4n) is 4.82. The number of anilines is 1. The number of aromatic nitrogens is 1. The lowest BCUT2D eigenvalue weighted by Gasteiger charge is -2.39. The van der Waals surface area contributed by atoms with Gasteiger partial charge in [-0.15, -0.1) is 0 Å². The number of carbonyl (C=O) groups excluding carboxylic acids is 2. The molecule has 7 heteroatoms. The molecule has 1 atom stereocenters. The molecule has 5 nitrogen and oxygen atoms in total. The number of thiazole rings is 1. The Bertz CT molecular complexity index is 1320. The summed E-state index contributed by atoms with van der Waals surface area (Å²) in [4.78, 5) is 31.6. The topological polar surface area (TPSA) is 71.1 Å². The molecular weight excluding hydrogens is 498 g/mol. The number of ketones is 1. The number of dihydropyridines is 1. The van der Waals surface area contributed by atoms with E-state index in [4.69, 9.17) is 0 Å². The van der Waals surface area contributed by atoms with Crippen molar-refractivity contribution in [1.29, 1.82) is 0 Å². The molecule has 0 saturated carbocycles. The van der Waals surface area contributed by atoms with Crippen LogP contribution in [0.5, 0.6) is 0 Å². The minimum atomic E-state index is -0.424. The van der Waals surface area contributed by atoms with Gasteiger partial charge in [0.2, 0.25) is 0 Å². The van der Waals surface area contributed by atoms with Crippen molar-refractivity contribution in [3.05, 3.63) is 81.1 Å². The molecule has 3 aromatic rings. The van der Waals surface area contributed by atoms with E-state index in [1.165, 1.54) is 11.3 Å². The predicted molar refractivity (Wildman–Crippen MR) is 136 cm³/mol. The molecule has 2 N–H and O–H groups in total. The molecule has 0 unspecified atom stereocenters. The monoisotopic (exact) mass is 521 g/mol. The van der Waals surface area contributed by atoms with Crippen LogP contribution in [-0.4, -0.2) is 16.7 Å². The number of halogens is 1. The van der Waals surface area contributed by atoms with E-state index in [0.717, 1.165) is 38.1 Å². The second-order valence-corrected chi connectivity index (χ2v) is 11.4. The number of amides is 1. The normalized spacial score (nSPS) is 20.0. The highest BCUT2D eigenvalue weighted by Gasteiger charge is 2.42. The molecule has 2 heterocycles. The molecular formula is C26H24BrN3O2S. The number of rotatable bonds is 3. The summed E-state index contributed by atoms with van der Waals surface area (Å²) >= 11 is 4.93. The van der Waals surface area contributed by atoms with Crippen molar-refractivity contribution in [3.8, 4) is 0 Å². The molecule has 5 rings (SSSR count). The number of benzene rings is 2. The van der Waals surface area contributed by atoms with E-state index in [-0.39, 0.29) is 17.1 Å². The number of nitrogens with one attached hydrogen (secondary N) is 2. The number of fused-ring (bicyclic) bond motifs is 1. The van der Waals surface area contributed by atoms with Crippen LogP contribution < -0.4 is 10.6 Å². The van der Waals surface area contributed by atoms with Gasteiger partial charge in [0.1, 0.15) is 0 Å². The Morgan fingerprint density at radius 1 is 1.15 bits per heavy atom. The zero-order valence-corrected chi connectivity index (χ0v) is 21.1. The number of hydrogen-bond acceptors (Lipinski definition) is 5. The molecule has 0 radical (unpaired) electrons. The van der Waals surface area contributed by atoms with E-state index in [2.05, 4.69) is 45.4 Å². The first-order valence-electron chi connectivity index (χ1n) is 10.9. The molecule has 1 amide bonds. The minimum Gasteiger partial charge on any atom is -0.362 e. The summed E-state index contributed by atoms with van der Waals surface area (Å²) in [5.74, 6) is -0.567. The van der Waals surface area contributed by atoms with Gasteiger partial charge >= 0.3 is 0 Å². The van der Waals surface area contributed by atoms with Crippen molar-refractivity contribution in [2.24, 2.45) is 5.41 Å². The number of para-hydroxylation sites is 1. The minimum absolute atomic E-state index is 0.0967. The molecule has 33 heavy (non-hydrogen) atoms. The molecule has 0 fully saturated rings. The van der Waals surface area contributed by atoms with Crippen molar-refractivity contribution >= 4 is 54.3 Å². The number of hydrogen-bond donors (Lipinski definition) is 2. The molecule has 2 aromatic carbocycles. The quantitative estimate of drug-likeness (QED) is 0.424. The van der Waals surface area contributed by atoms with E-state index in [0.29, 0.717) is 22.7 Å². The van der Waals surface area contributed by atoms with Crippen molar-refractivity contribution in [2.45, 2.75) is 39.5 Å². The van der Waals surface area contributed by atoms with Crippen LogP contribution in [0.25, 0.3) is 10.2 Å². The maximum atomic E-state index is 13.6. The molecule has 0 saturated heterocycles. The summed E-state index contributed by atoms with van der Waals surface area (Å²) in [6.45, 7) is 6.13. The molecule has 1 aromatic heterocycles. The zero-order valence-electron chi connectivity index (χ0n) is 18.7. The van der Waals surface area contributed by atoms with Crippen molar-refractivity contribution < 1.29 is 9.59 Å². The average molecular weight is 522 g/mol. The fraction of sp³-hybridized carbons (Fsp3) is 0.269. The number of allylic oxidation sites excluding steroid dienone is 3. The third kappa shape index (κ3) is 4.15. The first kappa shape index (κ1) is 22.0. The lowest BCUT2D eigenvalue weighted by Crippen LogP contribution is -2.39. The van der Waals surface area contributed by atoms with Crippen LogP contribution in [0.1, 0.15) is 45.1 Å². The Morgan fingerprint density at radius 2 is 1.88 bits per heavy atom. The summed E-state index contributed by atoms with van der Waals surface area (Å²) in [6, 6.07) is 15.7. The van der Waals surface area contributed by atoms with Crippen LogP contribution in [0.4, 0.5) is 5.13 Å². The molecule has 1 aliphatic carbocycles. The van der Waals surface area contributed by atoms with Crippen molar-refractivity contribution in [2.75, 3.05) is 5.32 Å². The number of carbonyl (C=O) groups is 2. The van der Waals surface area contributed by atoms with Gasteiger partial charge in [-0.2, -0.15) is 0 Å². The van der Waals surface area contributed by atoms with E-state index in [1.807, 2.05) is 55.5 Å². The van der Waals surface area contributed by atoms with Crippen LogP contribution in [0.3, 0.4) is 0 Å².